The van der Waals surface area contributed by atoms with E-state index in [2.05, 4.69) is 24.0 Å². The lowest BCUT2D eigenvalue weighted by atomic mass is 10.1. The average Bonchev–Trinajstić information content (AvgIpc) is 2.34. The van der Waals surface area contributed by atoms with Gasteiger partial charge in [-0.15, -0.1) is 0 Å². The Kier molecular flexibility index (Phi) is 4.28. The first-order valence-corrected chi connectivity index (χ1v) is 6.81. The molecule has 19 heavy (non-hydrogen) atoms. The Hall–Kier alpha value is -1.31. The zero-order chi connectivity index (χ0) is 14.0. The first-order chi connectivity index (χ1) is 8.97. The molecule has 0 unspecified atom stereocenters. The average molecular weight is 292 g/mol. The van der Waals surface area contributed by atoms with Gasteiger partial charge in [-0.25, -0.2) is 4.99 Å². The predicted molar refractivity (Wildman–Crippen MR) is 84.2 cm³/mol. The fraction of sp³-hybridized carbons (Fsp3) is 0.188. The molecule has 0 atom stereocenters. The number of aryl methyl sites for hydroxylation is 3. The van der Waals surface area contributed by atoms with Crippen molar-refractivity contribution in [2.45, 2.75) is 20.8 Å². The molecule has 0 radical (unpaired) electrons. The molecule has 0 N–H and O–H groups in total. The van der Waals surface area contributed by atoms with Crippen molar-refractivity contribution in [3.8, 4) is 0 Å². The summed E-state index contributed by atoms with van der Waals surface area (Å²) in [5, 5.41) is 1.17. The number of aliphatic imine (C=N–C) groups is 1. The van der Waals surface area contributed by atoms with Crippen LogP contribution in [-0.2, 0) is 0 Å². The van der Waals surface area contributed by atoms with E-state index in [4.69, 9.17) is 23.2 Å². The molecule has 0 aromatic heterocycles. The molecule has 0 fully saturated rings. The van der Waals surface area contributed by atoms with Crippen molar-refractivity contribution in [3.63, 3.8) is 0 Å². The highest BCUT2D eigenvalue weighted by atomic mass is 35.5. The molecule has 0 saturated carbocycles. The van der Waals surface area contributed by atoms with E-state index in [-0.39, 0.29) is 0 Å². The van der Waals surface area contributed by atoms with Crippen LogP contribution in [0.5, 0.6) is 0 Å². The van der Waals surface area contributed by atoms with Gasteiger partial charge in [0.2, 0.25) is 0 Å². The van der Waals surface area contributed by atoms with Gasteiger partial charge in [-0.2, -0.15) is 0 Å². The fourth-order valence-corrected chi connectivity index (χ4v) is 2.44. The summed E-state index contributed by atoms with van der Waals surface area (Å²) in [6, 6.07) is 11.6. The van der Waals surface area contributed by atoms with Crippen LogP contribution in [0.15, 0.2) is 41.4 Å². The summed E-state index contributed by atoms with van der Waals surface area (Å²) in [6.45, 7) is 6.17. The van der Waals surface area contributed by atoms with Crippen molar-refractivity contribution < 1.29 is 0 Å². The third-order valence-electron chi connectivity index (χ3n) is 2.93. The lowest BCUT2D eigenvalue weighted by Gasteiger charge is -2.07. The molecule has 2 aromatic rings. The molecule has 98 valence electrons. The summed E-state index contributed by atoms with van der Waals surface area (Å²) >= 11 is 12.1. The minimum absolute atomic E-state index is 0.478. The normalized spacial score (nSPS) is 11.7. The van der Waals surface area contributed by atoms with Gasteiger partial charge in [0.05, 0.1) is 5.69 Å². The standard InChI is InChI=1S/C16H15Cl2N/c1-10-8-11(2)15(12(3)9-10)19-16(18)13-4-6-14(17)7-5-13/h4-9H,1-3H3. The summed E-state index contributed by atoms with van der Waals surface area (Å²) < 4.78 is 0. The third-order valence-corrected chi connectivity index (χ3v) is 3.48. The maximum Gasteiger partial charge on any atom is 0.136 e. The topological polar surface area (TPSA) is 12.4 Å². The molecular weight excluding hydrogens is 277 g/mol. The summed E-state index contributed by atoms with van der Waals surface area (Å²) in [5.41, 5.74) is 5.29. The van der Waals surface area contributed by atoms with Crippen LogP contribution in [0.25, 0.3) is 0 Å². The smallest absolute Gasteiger partial charge is 0.136 e. The van der Waals surface area contributed by atoms with E-state index in [0.29, 0.717) is 10.2 Å². The second-order valence-electron chi connectivity index (χ2n) is 4.66. The minimum Gasteiger partial charge on any atom is -0.236 e. The van der Waals surface area contributed by atoms with Crippen LogP contribution in [0.4, 0.5) is 5.69 Å². The van der Waals surface area contributed by atoms with Gasteiger partial charge in [-0.1, -0.05) is 53.0 Å². The van der Waals surface area contributed by atoms with Gasteiger partial charge < -0.3 is 0 Å². The molecule has 2 rings (SSSR count). The Morgan fingerprint density at radius 2 is 1.47 bits per heavy atom. The number of hydrogen-bond donors (Lipinski definition) is 0. The summed E-state index contributed by atoms with van der Waals surface area (Å²) in [5.74, 6) is 0. The first kappa shape index (κ1) is 14.1. The highest BCUT2D eigenvalue weighted by Crippen LogP contribution is 2.26. The van der Waals surface area contributed by atoms with Gasteiger partial charge in [0.25, 0.3) is 0 Å². The molecule has 1 nitrogen and oxygen atoms in total. The molecule has 2 aromatic carbocycles. The number of rotatable bonds is 2. The van der Waals surface area contributed by atoms with E-state index < -0.39 is 0 Å². The van der Waals surface area contributed by atoms with Gasteiger partial charge in [0.1, 0.15) is 5.17 Å². The Morgan fingerprint density at radius 3 is 2.00 bits per heavy atom. The largest absolute Gasteiger partial charge is 0.236 e. The maximum atomic E-state index is 6.28. The van der Waals surface area contributed by atoms with Crippen LogP contribution >= 0.6 is 23.2 Å². The maximum absolute atomic E-state index is 6.28. The molecule has 3 heteroatoms. The van der Waals surface area contributed by atoms with E-state index in [1.807, 2.05) is 38.1 Å². The monoisotopic (exact) mass is 291 g/mol. The van der Waals surface area contributed by atoms with Crippen molar-refractivity contribution in [1.82, 2.24) is 0 Å². The highest BCUT2D eigenvalue weighted by Gasteiger charge is 2.05. The van der Waals surface area contributed by atoms with Crippen molar-refractivity contribution >= 4 is 34.1 Å². The van der Waals surface area contributed by atoms with Crippen LogP contribution in [0.2, 0.25) is 5.02 Å². The van der Waals surface area contributed by atoms with Crippen LogP contribution in [-0.4, -0.2) is 5.17 Å². The van der Waals surface area contributed by atoms with Crippen molar-refractivity contribution in [3.05, 3.63) is 63.7 Å². The zero-order valence-corrected chi connectivity index (χ0v) is 12.7. The zero-order valence-electron chi connectivity index (χ0n) is 11.2. The molecule has 0 aliphatic heterocycles. The molecule has 0 saturated heterocycles. The van der Waals surface area contributed by atoms with Crippen molar-refractivity contribution in [2.75, 3.05) is 0 Å². The first-order valence-electron chi connectivity index (χ1n) is 6.05. The van der Waals surface area contributed by atoms with Gasteiger partial charge in [0, 0.05) is 10.6 Å². The van der Waals surface area contributed by atoms with E-state index in [0.717, 1.165) is 22.4 Å². The highest BCUT2D eigenvalue weighted by molar-refractivity contribution is 6.69. The molecule has 0 aliphatic carbocycles. The molecule has 0 amide bonds. The number of nitrogens with zero attached hydrogens (tertiary/aromatic N) is 1. The summed E-state index contributed by atoms with van der Waals surface area (Å²) in [7, 11) is 0. The van der Waals surface area contributed by atoms with E-state index >= 15 is 0 Å². The van der Waals surface area contributed by atoms with Crippen molar-refractivity contribution in [2.24, 2.45) is 4.99 Å². The quantitative estimate of drug-likeness (QED) is 0.640. The van der Waals surface area contributed by atoms with Gasteiger partial charge >= 0.3 is 0 Å². The summed E-state index contributed by atoms with van der Waals surface area (Å²) in [6.07, 6.45) is 0. The molecule has 0 spiro atoms. The van der Waals surface area contributed by atoms with Gasteiger partial charge in [-0.3, -0.25) is 0 Å². The van der Waals surface area contributed by atoms with Gasteiger partial charge in [-0.05, 0) is 44.0 Å². The third kappa shape index (κ3) is 3.37. The SMILES string of the molecule is Cc1cc(C)c(N=C(Cl)c2ccc(Cl)cc2)c(C)c1. The summed E-state index contributed by atoms with van der Waals surface area (Å²) in [4.78, 5) is 4.54. The lowest BCUT2D eigenvalue weighted by molar-refractivity contribution is 1.29. The fourth-order valence-electron chi connectivity index (χ4n) is 2.10. The van der Waals surface area contributed by atoms with E-state index in [1.54, 1.807) is 0 Å². The Bertz CT molecular complexity index is 605. The second-order valence-corrected chi connectivity index (χ2v) is 5.45. The number of hydrogen-bond acceptors (Lipinski definition) is 1. The van der Waals surface area contributed by atoms with Crippen LogP contribution in [0, 0.1) is 20.8 Å². The van der Waals surface area contributed by atoms with Crippen LogP contribution in [0.1, 0.15) is 22.3 Å². The minimum atomic E-state index is 0.478. The molecule has 0 bridgehead atoms. The lowest BCUT2D eigenvalue weighted by Crippen LogP contribution is -1.92. The molecule has 0 heterocycles. The second kappa shape index (κ2) is 5.77. The van der Waals surface area contributed by atoms with Crippen LogP contribution in [0.3, 0.4) is 0 Å². The molecular formula is C16H15Cl2N. The number of halogens is 2. The Labute approximate surface area is 123 Å². The van der Waals surface area contributed by atoms with Crippen molar-refractivity contribution in [1.29, 1.82) is 0 Å². The van der Waals surface area contributed by atoms with E-state index in [9.17, 15) is 0 Å². The Balaban J connectivity index is 2.43. The predicted octanol–water partition coefficient (Wildman–Crippen LogP) is 5.58. The van der Waals surface area contributed by atoms with Crippen LogP contribution < -0.4 is 0 Å². The Morgan fingerprint density at radius 1 is 0.947 bits per heavy atom. The number of benzene rings is 2. The molecule has 0 aliphatic rings. The van der Waals surface area contributed by atoms with Gasteiger partial charge in [0.15, 0.2) is 0 Å². The van der Waals surface area contributed by atoms with E-state index in [1.165, 1.54) is 5.56 Å².